The highest BCUT2D eigenvalue weighted by Crippen LogP contribution is 2.65. The van der Waals surface area contributed by atoms with E-state index in [-0.39, 0.29) is 10.8 Å². The zero-order chi connectivity index (χ0) is 39.8. The van der Waals surface area contributed by atoms with Crippen molar-refractivity contribution >= 4 is 17.1 Å². The molecule has 1 spiro atoms. The van der Waals surface area contributed by atoms with Crippen molar-refractivity contribution in [2.45, 2.75) is 57.8 Å². The highest BCUT2D eigenvalue weighted by molar-refractivity contribution is 6.03. The Kier molecular flexibility index (Phi) is 8.25. The SMILES string of the molecule is CC(C)(C)c1ccc2c(c1)C1(c3ccccc3-c3ccccc31)c1cc(C(C)(C)C)cc(N(c3ccc(-c4ccccc4)cc3)c3ccccc3-c3ccccc3)c1-2. The molecule has 10 rings (SSSR count). The molecule has 0 bridgehead atoms. The number of fused-ring (bicyclic) bond motifs is 10. The van der Waals surface area contributed by atoms with Crippen LogP contribution in [0.5, 0.6) is 0 Å². The summed E-state index contributed by atoms with van der Waals surface area (Å²) in [5, 5.41) is 0. The molecule has 0 amide bonds. The van der Waals surface area contributed by atoms with Crippen LogP contribution >= 0.6 is 0 Å². The lowest BCUT2D eigenvalue weighted by molar-refractivity contribution is 0.586. The molecule has 0 fully saturated rings. The number of nitrogens with zero attached hydrogens (tertiary/aromatic N) is 1. The van der Waals surface area contributed by atoms with Gasteiger partial charge in [0.2, 0.25) is 0 Å². The lowest BCUT2D eigenvalue weighted by Crippen LogP contribution is -2.27. The maximum atomic E-state index is 2.56. The third-order valence-corrected chi connectivity index (χ3v) is 12.6. The maximum Gasteiger partial charge on any atom is 0.0726 e. The van der Waals surface area contributed by atoms with Crippen LogP contribution < -0.4 is 4.90 Å². The maximum absolute atomic E-state index is 2.56. The van der Waals surface area contributed by atoms with Crippen molar-refractivity contribution in [2.24, 2.45) is 0 Å². The summed E-state index contributed by atoms with van der Waals surface area (Å²) >= 11 is 0. The topological polar surface area (TPSA) is 3.24 Å². The first-order valence-corrected chi connectivity index (χ1v) is 20.7. The van der Waals surface area contributed by atoms with Gasteiger partial charge in [-0.05, 0) is 102 Å². The van der Waals surface area contributed by atoms with Crippen LogP contribution in [0.1, 0.15) is 74.9 Å². The Morgan fingerprint density at radius 3 is 1.45 bits per heavy atom. The summed E-state index contributed by atoms with van der Waals surface area (Å²) in [6.45, 7) is 14.1. The van der Waals surface area contributed by atoms with Gasteiger partial charge in [0.15, 0.2) is 0 Å². The molecule has 0 radical (unpaired) electrons. The molecule has 0 unspecified atom stereocenters. The molecule has 0 heterocycles. The van der Waals surface area contributed by atoms with E-state index in [1.54, 1.807) is 0 Å². The van der Waals surface area contributed by atoms with Gasteiger partial charge in [-0.3, -0.25) is 0 Å². The van der Waals surface area contributed by atoms with Gasteiger partial charge in [0.1, 0.15) is 0 Å². The van der Waals surface area contributed by atoms with Gasteiger partial charge in [-0.25, -0.2) is 0 Å². The number of hydrogen-bond acceptors (Lipinski definition) is 1. The largest absolute Gasteiger partial charge is 0.309 e. The standard InChI is InChI=1S/C57H49N/c1-55(2,3)41-31-34-47-50(35-41)57(48-26-16-13-24-45(48)46-25-14-17-27-49(46)57)51-36-42(56(4,5)6)37-53(54(47)51)58(43-32-29-39(30-33-43)38-19-9-7-10-20-38)52-28-18-15-23-44(52)40-21-11-8-12-22-40/h7-37H,1-6H3. The van der Waals surface area contributed by atoms with Crippen LogP contribution in [0.15, 0.2) is 188 Å². The van der Waals surface area contributed by atoms with Gasteiger partial charge < -0.3 is 4.90 Å². The number of hydrogen-bond donors (Lipinski definition) is 0. The lowest BCUT2D eigenvalue weighted by Gasteiger charge is -2.35. The Hall–Kier alpha value is -6.44. The summed E-state index contributed by atoms with van der Waals surface area (Å²) in [6.07, 6.45) is 0. The van der Waals surface area contributed by atoms with E-state index in [1.807, 2.05) is 0 Å². The summed E-state index contributed by atoms with van der Waals surface area (Å²) in [5.41, 5.74) is 21.0. The second-order valence-corrected chi connectivity index (χ2v) is 18.2. The average Bonchev–Trinajstić information content (AvgIpc) is 3.71. The average molecular weight is 748 g/mol. The fourth-order valence-electron chi connectivity index (χ4n) is 9.69. The van der Waals surface area contributed by atoms with Crippen LogP contribution in [0.25, 0.3) is 44.5 Å². The van der Waals surface area contributed by atoms with Gasteiger partial charge >= 0.3 is 0 Å². The number of benzene rings is 8. The van der Waals surface area contributed by atoms with Crippen molar-refractivity contribution in [3.8, 4) is 44.5 Å². The minimum Gasteiger partial charge on any atom is -0.309 e. The molecule has 0 saturated heterocycles. The highest BCUT2D eigenvalue weighted by atomic mass is 15.1. The van der Waals surface area contributed by atoms with Crippen LogP contribution in [0.3, 0.4) is 0 Å². The normalized spacial score (nSPS) is 13.5. The predicted molar refractivity (Wildman–Crippen MR) is 246 cm³/mol. The summed E-state index contributed by atoms with van der Waals surface area (Å²) in [6, 6.07) is 70.5. The molecule has 58 heavy (non-hydrogen) atoms. The van der Waals surface area contributed by atoms with Crippen molar-refractivity contribution in [2.75, 3.05) is 4.90 Å². The summed E-state index contributed by atoms with van der Waals surface area (Å²) in [4.78, 5) is 2.55. The van der Waals surface area contributed by atoms with Gasteiger partial charge in [0, 0.05) is 16.8 Å². The molecule has 0 N–H and O–H groups in total. The zero-order valence-corrected chi connectivity index (χ0v) is 34.3. The lowest BCUT2D eigenvalue weighted by atomic mass is 9.68. The molecule has 0 aliphatic heterocycles. The molecular formula is C57H49N. The quantitative estimate of drug-likeness (QED) is 0.169. The molecule has 2 aliphatic rings. The molecule has 1 nitrogen and oxygen atoms in total. The molecule has 8 aromatic rings. The number of para-hydroxylation sites is 1. The van der Waals surface area contributed by atoms with Crippen LogP contribution in [0, 0.1) is 0 Å². The Balaban J connectivity index is 1.35. The van der Waals surface area contributed by atoms with Gasteiger partial charge in [0.05, 0.1) is 16.8 Å². The third kappa shape index (κ3) is 5.52. The van der Waals surface area contributed by atoms with Crippen molar-refractivity contribution in [3.05, 3.63) is 221 Å². The van der Waals surface area contributed by atoms with Gasteiger partial charge in [-0.15, -0.1) is 0 Å². The van der Waals surface area contributed by atoms with Crippen molar-refractivity contribution in [3.63, 3.8) is 0 Å². The van der Waals surface area contributed by atoms with Crippen molar-refractivity contribution in [1.82, 2.24) is 0 Å². The van der Waals surface area contributed by atoms with E-state index in [2.05, 4.69) is 234 Å². The predicted octanol–water partition coefficient (Wildman–Crippen LogP) is 15.4. The van der Waals surface area contributed by atoms with E-state index in [1.165, 1.54) is 83.6 Å². The van der Waals surface area contributed by atoms with E-state index in [4.69, 9.17) is 0 Å². The van der Waals surface area contributed by atoms with Crippen molar-refractivity contribution in [1.29, 1.82) is 0 Å². The molecule has 1 heteroatoms. The highest BCUT2D eigenvalue weighted by Gasteiger charge is 2.53. The van der Waals surface area contributed by atoms with E-state index in [0.29, 0.717) is 0 Å². The molecule has 0 aromatic heterocycles. The van der Waals surface area contributed by atoms with Crippen LogP contribution in [0.2, 0.25) is 0 Å². The first-order chi connectivity index (χ1) is 28.0. The first kappa shape index (κ1) is 35.9. The smallest absolute Gasteiger partial charge is 0.0726 e. The minimum absolute atomic E-state index is 0.0246. The molecule has 282 valence electrons. The van der Waals surface area contributed by atoms with E-state index >= 15 is 0 Å². The minimum atomic E-state index is -0.489. The van der Waals surface area contributed by atoms with Crippen LogP contribution in [-0.2, 0) is 16.2 Å². The summed E-state index contributed by atoms with van der Waals surface area (Å²) in [5.74, 6) is 0. The van der Waals surface area contributed by atoms with Gasteiger partial charge in [0.25, 0.3) is 0 Å². The molecule has 0 saturated carbocycles. The fourth-order valence-corrected chi connectivity index (χ4v) is 9.69. The van der Waals surface area contributed by atoms with E-state index in [9.17, 15) is 0 Å². The molecule has 0 atom stereocenters. The van der Waals surface area contributed by atoms with Crippen molar-refractivity contribution < 1.29 is 0 Å². The van der Waals surface area contributed by atoms with Gasteiger partial charge in [-0.1, -0.05) is 205 Å². The molecular weight excluding hydrogens is 699 g/mol. The summed E-state index contributed by atoms with van der Waals surface area (Å²) in [7, 11) is 0. The Labute approximate surface area is 344 Å². The second-order valence-electron chi connectivity index (χ2n) is 18.2. The third-order valence-electron chi connectivity index (χ3n) is 12.6. The van der Waals surface area contributed by atoms with Crippen LogP contribution in [-0.4, -0.2) is 0 Å². The number of anilines is 3. The Bertz CT molecular complexity index is 2790. The monoisotopic (exact) mass is 747 g/mol. The van der Waals surface area contributed by atoms with Crippen LogP contribution in [0.4, 0.5) is 17.1 Å². The Morgan fingerprint density at radius 2 is 0.845 bits per heavy atom. The molecule has 2 aliphatic carbocycles. The number of rotatable bonds is 5. The summed E-state index contributed by atoms with van der Waals surface area (Å²) < 4.78 is 0. The fraction of sp³-hybridized carbons (Fsp3) is 0.158. The second kappa shape index (κ2) is 13.3. The zero-order valence-electron chi connectivity index (χ0n) is 34.3. The Morgan fingerprint density at radius 1 is 0.345 bits per heavy atom. The van der Waals surface area contributed by atoms with Gasteiger partial charge in [-0.2, -0.15) is 0 Å². The van der Waals surface area contributed by atoms with E-state index < -0.39 is 5.41 Å². The molecule has 8 aromatic carbocycles. The van der Waals surface area contributed by atoms with E-state index in [0.717, 1.165) is 11.4 Å². The first-order valence-electron chi connectivity index (χ1n) is 20.7.